The van der Waals surface area contributed by atoms with Crippen molar-refractivity contribution in [1.82, 2.24) is 10.3 Å². The molecule has 0 aliphatic rings. The Balaban J connectivity index is 1.37. The summed E-state index contributed by atoms with van der Waals surface area (Å²) < 4.78 is 5.09. The third-order valence-electron chi connectivity index (χ3n) is 4.54. The number of rotatable bonds is 8. The number of aryl methyl sites for hydroxylation is 1. The van der Waals surface area contributed by atoms with Crippen molar-refractivity contribution in [3.8, 4) is 0 Å². The number of H-pyrrole nitrogens is 1. The maximum Gasteiger partial charge on any atom is 0.306 e. The average molecular weight is 364 g/mol. The topological polar surface area (TPSA) is 71.2 Å². The van der Waals surface area contributed by atoms with Gasteiger partial charge in [-0.1, -0.05) is 48.5 Å². The molecule has 140 valence electrons. The number of esters is 1. The summed E-state index contributed by atoms with van der Waals surface area (Å²) in [6.07, 6.45) is 3.74. The van der Waals surface area contributed by atoms with Gasteiger partial charge in [-0.15, -0.1) is 0 Å². The van der Waals surface area contributed by atoms with Crippen molar-refractivity contribution in [2.75, 3.05) is 6.61 Å². The fourth-order valence-corrected chi connectivity index (χ4v) is 3.09. The Morgan fingerprint density at radius 1 is 1.07 bits per heavy atom. The minimum atomic E-state index is -0.350. The second-order valence-corrected chi connectivity index (χ2v) is 6.57. The average Bonchev–Trinajstić information content (AvgIpc) is 3.10. The van der Waals surface area contributed by atoms with Crippen molar-refractivity contribution < 1.29 is 14.3 Å². The Hall–Kier alpha value is -3.08. The molecule has 0 saturated carbocycles. The molecule has 5 nitrogen and oxygen atoms in total. The van der Waals surface area contributed by atoms with Crippen LogP contribution in [-0.4, -0.2) is 23.5 Å². The highest BCUT2D eigenvalue weighted by atomic mass is 16.5. The third kappa shape index (κ3) is 5.20. The van der Waals surface area contributed by atoms with Gasteiger partial charge in [0.1, 0.15) is 0 Å². The summed E-state index contributed by atoms with van der Waals surface area (Å²) in [6.45, 7) is 1.65. The van der Waals surface area contributed by atoms with Gasteiger partial charge in [0.2, 0.25) is 0 Å². The van der Waals surface area contributed by atoms with Crippen molar-refractivity contribution >= 4 is 22.8 Å². The van der Waals surface area contributed by atoms with E-state index in [1.165, 1.54) is 10.9 Å². The molecule has 2 N–H and O–H groups in total. The Labute approximate surface area is 158 Å². The van der Waals surface area contributed by atoms with Crippen molar-refractivity contribution in [3.05, 3.63) is 71.9 Å². The van der Waals surface area contributed by atoms with Gasteiger partial charge in [-0.25, -0.2) is 0 Å². The van der Waals surface area contributed by atoms with Crippen molar-refractivity contribution in [2.45, 2.75) is 32.2 Å². The molecular weight excluding hydrogens is 340 g/mol. The van der Waals surface area contributed by atoms with Crippen molar-refractivity contribution in [3.63, 3.8) is 0 Å². The van der Waals surface area contributed by atoms with Gasteiger partial charge < -0.3 is 15.0 Å². The lowest BCUT2D eigenvalue weighted by molar-refractivity contribution is -0.148. The zero-order valence-corrected chi connectivity index (χ0v) is 15.4. The lowest BCUT2D eigenvalue weighted by Gasteiger charge is -2.14. The second-order valence-electron chi connectivity index (χ2n) is 6.57. The number of aromatic amines is 1. The molecule has 0 aliphatic carbocycles. The van der Waals surface area contributed by atoms with E-state index in [-0.39, 0.29) is 24.5 Å². The number of hydrogen-bond donors (Lipinski definition) is 2. The van der Waals surface area contributed by atoms with Crippen molar-refractivity contribution in [1.29, 1.82) is 0 Å². The number of aromatic nitrogens is 1. The standard InChI is InChI=1S/C22H24N2O3/c1-16(17-8-3-2-4-9-17)24-21(25)15-27-22(26)13-7-10-18-14-23-20-12-6-5-11-19(18)20/h2-6,8-9,11-12,14,16,23H,7,10,13,15H2,1H3,(H,24,25)/t16-/m0/s1. The molecule has 0 unspecified atom stereocenters. The molecule has 27 heavy (non-hydrogen) atoms. The number of fused-ring (bicyclic) bond motifs is 1. The molecule has 1 amide bonds. The minimum Gasteiger partial charge on any atom is -0.456 e. The first-order chi connectivity index (χ1) is 13.1. The molecule has 0 saturated heterocycles. The Morgan fingerprint density at radius 2 is 1.81 bits per heavy atom. The van der Waals surface area contributed by atoms with Gasteiger partial charge >= 0.3 is 5.97 Å². The monoisotopic (exact) mass is 364 g/mol. The van der Waals surface area contributed by atoms with Crippen LogP contribution in [0.2, 0.25) is 0 Å². The van der Waals surface area contributed by atoms with Crippen LogP contribution in [0, 0.1) is 0 Å². The summed E-state index contributed by atoms with van der Waals surface area (Å²) in [5.74, 6) is -0.645. The Morgan fingerprint density at radius 3 is 2.63 bits per heavy atom. The number of nitrogens with one attached hydrogen (secondary N) is 2. The van der Waals surface area contributed by atoms with Gasteiger partial charge in [0.15, 0.2) is 6.61 Å². The van der Waals surface area contributed by atoms with E-state index >= 15 is 0 Å². The summed E-state index contributed by atoms with van der Waals surface area (Å²) >= 11 is 0. The number of carbonyl (C=O) groups is 2. The van der Waals surface area contributed by atoms with E-state index in [9.17, 15) is 9.59 Å². The zero-order valence-electron chi connectivity index (χ0n) is 15.4. The predicted molar refractivity (Wildman–Crippen MR) is 105 cm³/mol. The first kappa shape index (κ1) is 18.7. The summed E-state index contributed by atoms with van der Waals surface area (Å²) in [5.41, 5.74) is 3.29. The first-order valence-corrected chi connectivity index (χ1v) is 9.18. The molecule has 1 aromatic heterocycles. The first-order valence-electron chi connectivity index (χ1n) is 9.18. The summed E-state index contributed by atoms with van der Waals surface area (Å²) in [7, 11) is 0. The van der Waals surface area contributed by atoms with Crippen LogP contribution >= 0.6 is 0 Å². The predicted octanol–water partition coefficient (Wildman–Crippen LogP) is 3.91. The normalized spacial score (nSPS) is 11.9. The molecule has 0 aliphatic heterocycles. The number of hydrogen-bond acceptors (Lipinski definition) is 3. The summed E-state index contributed by atoms with van der Waals surface area (Å²) in [5, 5.41) is 4.01. The van der Waals surface area contributed by atoms with E-state index in [1.807, 2.05) is 61.7 Å². The number of carbonyl (C=O) groups excluding carboxylic acids is 2. The van der Waals surface area contributed by atoms with Gasteiger partial charge in [0.05, 0.1) is 6.04 Å². The highest BCUT2D eigenvalue weighted by molar-refractivity contribution is 5.83. The van der Waals surface area contributed by atoms with Crippen LogP contribution in [0.4, 0.5) is 0 Å². The molecule has 0 spiro atoms. The number of benzene rings is 2. The quantitative estimate of drug-likeness (QED) is 0.595. The van der Waals surface area contributed by atoms with Crippen LogP contribution < -0.4 is 5.32 Å². The van der Waals surface area contributed by atoms with Gasteiger partial charge in [0, 0.05) is 23.5 Å². The molecule has 2 aromatic carbocycles. The van der Waals surface area contributed by atoms with Crippen LogP contribution in [0.5, 0.6) is 0 Å². The van der Waals surface area contributed by atoms with E-state index < -0.39 is 0 Å². The van der Waals surface area contributed by atoms with E-state index in [4.69, 9.17) is 4.74 Å². The third-order valence-corrected chi connectivity index (χ3v) is 4.54. The van der Waals surface area contributed by atoms with Crippen molar-refractivity contribution in [2.24, 2.45) is 0 Å². The molecule has 1 atom stereocenters. The molecule has 0 fully saturated rings. The number of amides is 1. The number of para-hydroxylation sites is 1. The highest BCUT2D eigenvalue weighted by Crippen LogP contribution is 2.19. The fourth-order valence-electron chi connectivity index (χ4n) is 3.09. The minimum absolute atomic E-state index is 0.126. The van der Waals surface area contributed by atoms with E-state index in [0.29, 0.717) is 12.8 Å². The summed E-state index contributed by atoms with van der Waals surface area (Å²) in [6, 6.07) is 17.6. The highest BCUT2D eigenvalue weighted by Gasteiger charge is 2.12. The molecule has 3 rings (SSSR count). The Bertz CT molecular complexity index is 902. The van der Waals surface area contributed by atoms with Crippen LogP contribution in [0.1, 0.15) is 36.9 Å². The van der Waals surface area contributed by atoms with E-state index in [2.05, 4.69) is 16.4 Å². The van der Waals surface area contributed by atoms with Crippen LogP contribution in [-0.2, 0) is 20.7 Å². The molecular formula is C22H24N2O3. The summed E-state index contributed by atoms with van der Waals surface area (Å²) in [4.78, 5) is 27.1. The zero-order chi connectivity index (χ0) is 19.1. The molecule has 3 aromatic rings. The molecule has 5 heteroatoms. The van der Waals surface area contributed by atoms with Gasteiger partial charge in [0.25, 0.3) is 5.91 Å². The van der Waals surface area contributed by atoms with Crippen LogP contribution in [0.15, 0.2) is 60.8 Å². The second kappa shape index (κ2) is 9.03. The van der Waals surface area contributed by atoms with Crippen LogP contribution in [0.3, 0.4) is 0 Å². The van der Waals surface area contributed by atoms with Gasteiger partial charge in [-0.05, 0) is 37.0 Å². The Kier molecular flexibility index (Phi) is 6.26. The lowest BCUT2D eigenvalue weighted by atomic mass is 10.1. The number of ether oxygens (including phenoxy) is 1. The molecule has 0 bridgehead atoms. The van der Waals surface area contributed by atoms with Gasteiger partial charge in [-0.2, -0.15) is 0 Å². The van der Waals surface area contributed by atoms with Crippen LogP contribution in [0.25, 0.3) is 10.9 Å². The SMILES string of the molecule is C[C@H](NC(=O)COC(=O)CCCc1c[nH]c2ccccc12)c1ccccc1. The largest absolute Gasteiger partial charge is 0.456 e. The lowest BCUT2D eigenvalue weighted by Crippen LogP contribution is -2.31. The van der Waals surface area contributed by atoms with E-state index in [0.717, 1.165) is 17.5 Å². The molecule has 0 radical (unpaired) electrons. The maximum absolute atomic E-state index is 11.9. The molecule has 1 heterocycles. The fraction of sp³-hybridized carbons (Fsp3) is 0.273. The smallest absolute Gasteiger partial charge is 0.306 e. The van der Waals surface area contributed by atoms with Gasteiger partial charge in [-0.3, -0.25) is 9.59 Å². The van der Waals surface area contributed by atoms with E-state index in [1.54, 1.807) is 0 Å². The maximum atomic E-state index is 11.9.